The highest BCUT2D eigenvalue weighted by atomic mass is 127. The molecule has 0 fully saturated rings. The fraction of sp³-hybridized carbons (Fsp3) is 0.143. The van der Waals surface area contributed by atoms with Gasteiger partial charge < -0.3 is 5.11 Å². The molecule has 0 amide bonds. The van der Waals surface area contributed by atoms with E-state index in [2.05, 4.69) is 0 Å². The Labute approximate surface area is 86.8 Å². The van der Waals surface area contributed by atoms with Crippen LogP contribution in [0.2, 0.25) is 0 Å². The van der Waals surface area contributed by atoms with E-state index < -0.39 is 5.97 Å². The van der Waals surface area contributed by atoms with Crippen LogP contribution in [0.15, 0.2) is 0 Å². The van der Waals surface area contributed by atoms with E-state index in [0.29, 0.717) is 2.88 Å². The Morgan fingerprint density at radius 2 is 2.33 bits per heavy atom. The summed E-state index contributed by atoms with van der Waals surface area (Å²) in [6.07, 6.45) is 0. The summed E-state index contributed by atoms with van der Waals surface area (Å²) < 4.78 is 0.661. The summed E-state index contributed by atoms with van der Waals surface area (Å²) >= 11 is 3.26. The van der Waals surface area contributed by atoms with Crippen LogP contribution in [0.5, 0.6) is 0 Å². The molecule has 3 nitrogen and oxygen atoms in total. The number of thiophene rings is 1. The van der Waals surface area contributed by atoms with Gasteiger partial charge in [-0.05, 0) is 29.5 Å². The Morgan fingerprint density at radius 1 is 1.75 bits per heavy atom. The van der Waals surface area contributed by atoms with E-state index in [0.717, 1.165) is 4.88 Å². The van der Waals surface area contributed by atoms with Gasteiger partial charge in [0.2, 0.25) is 0 Å². The minimum absolute atomic E-state index is 0.139. The van der Waals surface area contributed by atoms with Crippen LogP contribution in [0.3, 0.4) is 0 Å². The van der Waals surface area contributed by atoms with E-state index in [4.69, 9.17) is 10.4 Å². The molecule has 0 unspecified atom stereocenters. The standard InChI is InChI=1S/C7H4INO2S/c1-3-4(2-9)5(7(10)11)6(8)12-3/h1H3,(H,10,11). The van der Waals surface area contributed by atoms with E-state index in [9.17, 15) is 4.79 Å². The Hall–Kier alpha value is -0.610. The van der Waals surface area contributed by atoms with Gasteiger partial charge in [0, 0.05) is 4.88 Å². The minimum atomic E-state index is -1.03. The topological polar surface area (TPSA) is 61.1 Å². The molecule has 1 N–H and O–H groups in total. The monoisotopic (exact) mass is 293 g/mol. The Morgan fingerprint density at radius 3 is 2.67 bits per heavy atom. The molecule has 0 radical (unpaired) electrons. The van der Waals surface area contributed by atoms with Gasteiger partial charge in [-0.25, -0.2) is 4.79 Å². The summed E-state index contributed by atoms with van der Waals surface area (Å²) in [4.78, 5) is 11.4. The highest BCUT2D eigenvalue weighted by Gasteiger charge is 2.19. The van der Waals surface area contributed by atoms with Crippen molar-refractivity contribution in [3.05, 3.63) is 18.9 Å². The maximum absolute atomic E-state index is 10.7. The molecule has 0 saturated carbocycles. The van der Waals surface area contributed by atoms with Crippen molar-refractivity contribution in [1.29, 1.82) is 5.26 Å². The van der Waals surface area contributed by atoms with Crippen molar-refractivity contribution < 1.29 is 9.90 Å². The summed E-state index contributed by atoms with van der Waals surface area (Å²) in [6, 6.07) is 1.89. The normalized spacial score (nSPS) is 9.42. The van der Waals surface area contributed by atoms with Crippen molar-refractivity contribution in [3.63, 3.8) is 0 Å². The minimum Gasteiger partial charge on any atom is -0.478 e. The van der Waals surface area contributed by atoms with Crippen molar-refractivity contribution in [1.82, 2.24) is 0 Å². The molecule has 5 heteroatoms. The second-order valence-electron chi connectivity index (χ2n) is 2.10. The molecule has 0 aliphatic heterocycles. The summed E-state index contributed by atoms with van der Waals surface area (Å²) in [6.45, 7) is 1.75. The van der Waals surface area contributed by atoms with Crippen molar-refractivity contribution in [3.8, 4) is 6.07 Å². The first-order chi connectivity index (χ1) is 5.57. The maximum Gasteiger partial charge on any atom is 0.339 e. The zero-order valence-electron chi connectivity index (χ0n) is 6.09. The largest absolute Gasteiger partial charge is 0.478 e. The molecule has 1 aromatic heterocycles. The maximum atomic E-state index is 10.7. The number of carboxylic acid groups (broad SMARTS) is 1. The molecule has 1 aromatic rings. The fourth-order valence-corrected chi connectivity index (χ4v) is 3.14. The van der Waals surface area contributed by atoms with Gasteiger partial charge in [-0.2, -0.15) is 5.26 Å². The van der Waals surface area contributed by atoms with Gasteiger partial charge in [-0.3, -0.25) is 0 Å². The molecule has 12 heavy (non-hydrogen) atoms. The Bertz CT molecular complexity index is 377. The lowest BCUT2D eigenvalue weighted by Crippen LogP contribution is -1.99. The second kappa shape index (κ2) is 3.41. The van der Waals surface area contributed by atoms with Crippen LogP contribution in [0, 0.1) is 21.1 Å². The SMILES string of the molecule is Cc1sc(I)c(C(=O)O)c1C#N. The summed E-state index contributed by atoms with van der Waals surface area (Å²) in [5, 5.41) is 17.4. The van der Waals surface area contributed by atoms with Crippen LogP contribution in [-0.4, -0.2) is 11.1 Å². The predicted octanol–water partition coefficient (Wildman–Crippen LogP) is 2.23. The lowest BCUT2D eigenvalue weighted by molar-refractivity contribution is 0.0696. The molecule has 0 bridgehead atoms. The van der Waals surface area contributed by atoms with Crippen molar-refractivity contribution in [2.24, 2.45) is 0 Å². The lowest BCUT2D eigenvalue weighted by atomic mass is 10.2. The first kappa shape index (κ1) is 9.48. The van der Waals surface area contributed by atoms with Crippen LogP contribution in [0.25, 0.3) is 0 Å². The molecule has 0 aliphatic carbocycles. The van der Waals surface area contributed by atoms with Crippen LogP contribution in [-0.2, 0) is 0 Å². The summed E-state index contributed by atoms with van der Waals surface area (Å²) in [5.74, 6) is -1.03. The lowest BCUT2D eigenvalue weighted by Gasteiger charge is -1.89. The number of hydrogen-bond donors (Lipinski definition) is 1. The smallest absolute Gasteiger partial charge is 0.339 e. The molecular formula is C7H4INO2S. The van der Waals surface area contributed by atoms with Gasteiger partial charge >= 0.3 is 5.97 Å². The molecule has 0 atom stereocenters. The number of carboxylic acids is 1. The van der Waals surface area contributed by atoms with Crippen LogP contribution in [0.4, 0.5) is 0 Å². The van der Waals surface area contributed by atoms with Crippen molar-refractivity contribution in [2.45, 2.75) is 6.92 Å². The molecule has 1 heterocycles. The van der Waals surface area contributed by atoms with Gasteiger partial charge in [0.15, 0.2) is 0 Å². The average molecular weight is 293 g/mol. The molecule has 62 valence electrons. The number of carbonyl (C=O) groups is 1. The first-order valence-corrected chi connectivity index (χ1v) is 4.89. The molecule has 0 aliphatic rings. The van der Waals surface area contributed by atoms with Gasteiger partial charge in [0.05, 0.1) is 8.45 Å². The third-order valence-corrected chi connectivity index (χ3v) is 3.46. The zero-order chi connectivity index (χ0) is 9.30. The van der Waals surface area contributed by atoms with E-state index in [1.165, 1.54) is 11.3 Å². The van der Waals surface area contributed by atoms with Crippen molar-refractivity contribution >= 4 is 39.9 Å². The first-order valence-electron chi connectivity index (χ1n) is 3.00. The highest BCUT2D eigenvalue weighted by Crippen LogP contribution is 2.28. The number of halogens is 1. The van der Waals surface area contributed by atoms with E-state index in [1.807, 2.05) is 28.7 Å². The quantitative estimate of drug-likeness (QED) is 0.808. The molecule has 0 spiro atoms. The number of rotatable bonds is 1. The summed E-state index contributed by atoms with van der Waals surface area (Å²) in [5.41, 5.74) is 0.428. The zero-order valence-corrected chi connectivity index (χ0v) is 9.06. The predicted molar refractivity (Wildman–Crippen MR) is 53.4 cm³/mol. The molecule has 0 saturated heterocycles. The number of aromatic carboxylic acids is 1. The van der Waals surface area contributed by atoms with E-state index in [-0.39, 0.29) is 11.1 Å². The van der Waals surface area contributed by atoms with Crippen LogP contribution < -0.4 is 0 Å². The number of hydrogen-bond acceptors (Lipinski definition) is 3. The second-order valence-corrected chi connectivity index (χ2v) is 5.13. The fourth-order valence-electron chi connectivity index (χ4n) is 0.836. The Balaban J connectivity index is 3.45. The van der Waals surface area contributed by atoms with Crippen LogP contribution >= 0.6 is 33.9 Å². The van der Waals surface area contributed by atoms with E-state index >= 15 is 0 Å². The number of nitriles is 1. The van der Waals surface area contributed by atoms with E-state index in [1.54, 1.807) is 6.92 Å². The average Bonchev–Trinajstić information content (AvgIpc) is 2.24. The molecule has 1 rings (SSSR count). The van der Waals surface area contributed by atoms with Gasteiger partial charge in [-0.15, -0.1) is 11.3 Å². The third-order valence-electron chi connectivity index (χ3n) is 1.37. The van der Waals surface area contributed by atoms with Gasteiger partial charge in [0.25, 0.3) is 0 Å². The highest BCUT2D eigenvalue weighted by molar-refractivity contribution is 14.1. The molecular weight excluding hydrogens is 289 g/mol. The van der Waals surface area contributed by atoms with Gasteiger partial charge in [-0.1, -0.05) is 0 Å². The van der Waals surface area contributed by atoms with Crippen LogP contribution in [0.1, 0.15) is 20.8 Å². The van der Waals surface area contributed by atoms with Crippen molar-refractivity contribution in [2.75, 3.05) is 0 Å². The van der Waals surface area contributed by atoms with Gasteiger partial charge in [0.1, 0.15) is 11.6 Å². The third kappa shape index (κ3) is 1.44. The summed E-state index contributed by atoms with van der Waals surface area (Å²) in [7, 11) is 0. The Kier molecular flexibility index (Phi) is 2.69. The molecule has 0 aromatic carbocycles. The number of aryl methyl sites for hydroxylation is 1. The number of nitrogens with zero attached hydrogens (tertiary/aromatic N) is 1.